The Morgan fingerprint density at radius 1 is 0.737 bits per heavy atom. The van der Waals surface area contributed by atoms with Crippen molar-refractivity contribution in [3.05, 3.63) is 85.5 Å². The molecule has 0 atom stereocenters. The standard InChI is InChI=1S/C6H6O.C5H5N.C4H5N.H2Se/c7-6-4-2-1-3-5-6;1-2-4-6-5-3-1;1-2-4-5-3-1;/h1-5,7H;1-5H;1-5H;1H2. The number of benzene rings is 1. The second-order valence-electron chi connectivity index (χ2n) is 3.25. The van der Waals surface area contributed by atoms with Gasteiger partial charge in [-0.1, -0.05) is 24.3 Å². The first-order valence-corrected chi connectivity index (χ1v) is 5.56. The molecule has 0 aliphatic heterocycles. The van der Waals surface area contributed by atoms with E-state index < -0.39 is 0 Å². The van der Waals surface area contributed by atoms with Crippen molar-refractivity contribution in [1.29, 1.82) is 0 Å². The number of para-hydroxylation sites is 1. The van der Waals surface area contributed by atoms with Crippen LogP contribution < -0.4 is 0 Å². The van der Waals surface area contributed by atoms with Crippen LogP contribution in [-0.2, 0) is 0 Å². The van der Waals surface area contributed by atoms with E-state index in [2.05, 4.69) is 9.97 Å². The number of phenolic OH excluding ortho intramolecular Hbond substituents is 1. The molecular weight excluding hydrogens is 303 g/mol. The minimum atomic E-state index is 0. The van der Waals surface area contributed by atoms with E-state index >= 15 is 0 Å². The smallest absolute Gasteiger partial charge is 0.0267 e. The summed E-state index contributed by atoms with van der Waals surface area (Å²) in [4.78, 5) is 6.65. The average Bonchev–Trinajstić information content (AvgIpc) is 3.01. The van der Waals surface area contributed by atoms with E-state index in [1.54, 1.807) is 36.7 Å². The van der Waals surface area contributed by atoms with Crippen molar-refractivity contribution >= 4 is 17.1 Å². The van der Waals surface area contributed by atoms with Crippen LogP contribution in [0.15, 0.2) is 85.5 Å². The van der Waals surface area contributed by atoms with Gasteiger partial charge in [-0.25, -0.2) is 0 Å². The third kappa shape index (κ3) is 10.8. The van der Waals surface area contributed by atoms with Gasteiger partial charge in [-0.2, -0.15) is 0 Å². The Morgan fingerprint density at radius 3 is 1.47 bits per heavy atom. The van der Waals surface area contributed by atoms with Gasteiger partial charge in [0.15, 0.2) is 0 Å². The molecule has 2 heterocycles. The van der Waals surface area contributed by atoms with E-state index in [4.69, 9.17) is 5.11 Å². The zero-order valence-electron chi connectivity index (χ0n) is 10.5. The van der Waals surface area contributed by atoms with Crippen LogP contribution in [0.5, 0.6) is 5.75 Å². The minimum absolute atomic E-state index is 0. The molecule has 0 fully saturated rings. The molecule has 0 spiro atoms. The molecule has 2 aromatic heterocycles. The van der Waals surface area contributed by atoms with E-state index in [0.29, 0.717) is 5.75 Å². The van der Waals surface area contributed by atoms with E-state index in [0.717, 1.165) is 0 Å². The Kier molecular flexibility index (Phi) is 11.1. The number of hydrogen-bond acceptors (Lipinski definition) is 2. The summed E-state index contributed by atoms with van der Waals surface area (Å²) >= 11 is 0. The van der Waals surface area contributed by atoms with Gasteiger partial charge in [0.25, 0.3) is 0 Å². The molecule has 3 nitrogen and oxygen atoms in total. The van der Waals surface area contributed by atoms with Crippen LogP contribution in [0.3, 0.4) is 0 Å². The number of aromatic amines is 1. The van der Waals surface area contributed by atoms with Crippen molar-refractivity contribution in [3.8, 4) is 5.75 Å². The predicted molar refractivity (Wildman–Crippen MR) is 81.7 cm³/mol. The van der Waals surface area contributed by atoms with Gasteiger partial charge < -0.3 is 10.1 Å². The van der Waals surface area contributed by atoms with Crippen LogP contribution in [0.4, 0.5) is 0 Å². The monoisotopic (exact) mass is 322 g/mol. The van der Waals surface area contributed by atoms with E-state index in [9.17, 15) is 0 Å². The number of rotatable bonds is 0. The Morgan fingerprint density at radius 2 is 1.26 bits per heavy atom. The van der Waals surface area contributed by atoms with Gasteiger partial charge in [-0.05, 0) is 36.4 Å². The molecule has 100 valence electrons. The summed E-state index contributed by atoms with van der Waals surface area (Å²) < 4.78 is 0. The molecule has 19 heavy (non-hydrogen) atoms. The molecule has 0 unspecified atom stereocenters. The molecule has 0 aliphatic carbocycles. The summed E-state index contributed by atoms with van der Waals surface area (Å²) in [5.74, 6) is 0.322. The molecule has 0 saturated heterocycles. The molecule has 0 radical (unpaired) electrons. The van der Waals surface area contributed by atoms with Crippen molar-refractivity contribution in [2.75, 3.05) is 0 Å². The molecule has 4 heteroatoms. The molecule has 3 aromatic rings. The quantitative estimate of drug-likeness (QED) is 0.625. The van der Waals surface area contributed by atoms with Crippen LogP contribution in [0.1, 0.15) is 0 Å². The normalized spacial score (nSPS) is 7.79. The van der Waals surface area contributed by atoms with Gasteiger partial charge in [-0.15, -0.1) is 0 Å². The molecule has 0 bridgehead atoms. The predicted octanol–water partition coefficient (Wildman–Crippen LogP) is 2.57. The zero-order valence-corrected chi connectivity index (χ0v) is 12.6. The summed E-state index contributed by atoms with van der Waals surface area (Å²) in [5.41, 5.74) is 0. The summed E-state index contributed by atoms with van der Waals surface area (Å²) in [6.45, 7) is 0. The van der Waals surface area contributed by atoms with Gasteiger partial charge in [0.2, 0.25) is 0 Å². The van der Waals surface area contributed by atoms with E-state index in [1.165, 1.54) is 0 Å². The molecule has 3 rings (SSSR count). The van der Waals surface area contributed by atoms with Crippen molar-refractivity contribution in [2.45, 2.75) is 0 Å². The SMILES string of the molecule is Oc1ccccc1.[SeH2].c1cc[nH]c1.c1ccncc1. The summed E-state index contributed by atoms with van der Waals surface area (Å²) in [5, 5.41) is 8.63. The fraction of sp³-hybridized carbons (Fsp3) is 0. The zero-order chi connectivity index (χ0) is 12.9. The summed E-state index contributed by atoms with van der Waals surface area (Å²) in [6, 6.07) is 18.3. The number of nitrogens with one attached hydrogen (secondary N) is 1. The van der Waals surface area contributed by atoms with Crippen molar-refractivity contribution in [2.24, 2.45) is 0 Å². The number of aromatic hydroxyl groups is 1. The van der Waals surface area contributed by atoms with Crippen LogP contribution in [-0.4, -0.2) is 32.1 Å². The number of phenols is 1. The average molecular weight is 321 g/mol. The van der Waals surface area contributed by atoms with Crippen LogP contribution in [0, 0.1) is 0 Å². The number of hydrogen-bond donors (Lipinski definition) is 2. The molecule has 1 aromatic carbocycles. The number of pyridine rings is 1. The largest absolute Gasteiger partial charge is 0.368 e. The molecule has 0 amide bonds. The Balaban J connectivity index is 0.000000252. The first kappa shape index (κ1) is 17.0. The first-order chi connectivity index (χ1) is 8.89. The topological polar surface area (TPSA) is 48.9 Å². The van der Waals surface area contributed by atoms with Crippen molar-refractivity contribution in [3.63, 3.8) is 0 Å². The van der Waals surface area contributed by atoms with Crippen LogP contribution in [0.2, 0.25) is 0 Å². The van der Waals surface area contributed by atoms with E-state index in [-0.39, 0.29) is 17.1 Å². The van der Waals surface area contributed by atoms with Crippen LogP contribution >= 0.6 is 0 Å². The molecule has 0 aliphatic rings. The number of H-pyrrole nitrogens is 1. The summed E-state index contributed by atoms with van der Waals surface area (Å²) in [7, 11) is 0. The minimum Gasteiger partial charge on any atom is -0.368 e. The number of nitrogens with zero attached hydrogens (tertiary/aromatic N) is 1. The molecule has 2 N–H and O–H groups in total. The maximum atomic E-state index is 8.63. The Labute approximate surface area is 123 Å². The fourth-order valence-corrected chi connectivity index (χ4v) is 1.02. The van der Waals surface area contributed by atoms with Gasteiger partial charge in [0.05, 0.1) is 0 Å². The maximum Gasteiger partial charge on any atom is 0.0267 e. The summed E-state index contributed by atoms with van der Waals surface area (Å²) in [6.07, 6.45) is 7.25. The Bertz CT molecular complexity index is 428. The van der Waals surface area contributed by atoms with E-state index in [1.807, 2.05) is 48.8 Å². The molecular formula is C15H18N2OSe. The van der Waals surface area contributed by atoms with Gasteiger partial charge in [0.1, 0.15) is 5.75 Å². The Hall–Kier alpha value is -2.03. The van der Waals surface area contributed by atoms with Gasteiger partial charge >= 0.3 is 17.1 Å². The number of aromatic nitrogens is 2. The van der Waals surface area contributed by atoms with Crippen LogP contribution in [0.25, 0.3) is 0 Å². The molecule has 0 saturated carbocycles. The van der Waals surface area contributed by atoms with Crippen molar-refractivity contribution < 1.29 is 5.11 Å². The third-order valence-corrected chi connectivity index (χ3v) is 1.82. The van der Waals surface area contributed by atoms with Crippen molar-refractivity contribution in [1.82, 2.24) is 9.97 Å². The van der Waals surface area contributed by atoms with Gasteiger partial charge in [-0.3, -0.25) is 4.98 Å². The maximum absolute atomic E-state index is 8.63. The first-order valence-electron chi connectivity index (χ1n) is 5.56. The fourth-order valence-electron chi connectivity index (χ4n) is 1.02. The second kappa shape index (κ2) is 12.4. The van der Waals surface area contributed by atoms with Gasteiger partial charge in [0, 0.05) is 24.8 Å². The third-order valence-electron chi connectivity index (χ3n) is 1.82. The second-order valence-corrected chi connectivity index (χ2v) is 3.25.